The van der Waals surface area contributed by atoms with Gasteiger partial charge in [0.05, 0.1) is 11.5 Å². The Bertz CT molecular complexity index is 387. The summed E-state index contributed by atoms with van der Waals surface area (Å²) in [5.74, 6) is 0. The molecule has 0 radical (unpaired) electrons. The van der Waals surface area contributed by atoms with E-state index < -0.39 is 0 Å². The van der Waals surface area contributed by atoms with Gasteiger partial charge in [-0.05, 0) is 39.3 Å². The lowest BCUT2D eigenvalue weighted by molar-refractivity contribution is 0.422. The Kier molecular flexibility index (Phi) is 5.87. The monoisotopic (exact) mass is 248 g/mol. The lowest BCUT2D eigenvalue weighted by Gasteiger charge is -2.14. The number of nitrogens with one attached hydrogen (secondary N) is 1. The zero-order chi connectivity index (χ0) is 13.4. The average molecular weight is 248 g/mol. The van der Waals surface area contributed by atoms with Gasteiger partial charge in [0.15, 0.2) is 0 Å². The Hall–Kier alpha value is -1.34. The van der Waals surface area contributed by atoms with E-state index in [1.54, 1.807) is 0 Å². The minimum atomic E-state index is -0.172. The van der Waals surface area contributed by atoms with E-state index in [4.69, 9.17) is 5.26 Å². The molecule has 0 bridgehead atoms. The third kappa shape index (κ3) is 5.33. The fraction of sp³-hybridized carbons (Fsp3) is 0.714. The zero-order valence-corrected chi connectivity index (χ0v) is 11.7. The van der Waals surface area contributed by atoms with E-state index in [9.17, 15) is 0 Å². The van der Waals surface area contributed by atoms with Gasteiger partial charge in [-0.3, -0.25) is 4.68 Å². The van der Waals surface area contributed by atoms with E-state index in [1.807, 2.05) is 31.8 Å². The van der Waals surface area contributed by atoms with Crippen LogP contribution in [0, 0.1) is 16.7 Å². The summed E-state index contributed by atoms with van der Waals surface area (Å²) in [6.45, 7) is 6.02. The van der Waals surface area contributed by atoms with Crippen LogP contribution in [0.2, 0.25) is 0 Å². The number of hydrogen-bond acceptors (Lipinski definition) is 3. The fourth-order valence-electron chi connectivity index (χ4n) is 1.86. The van der Waals surface area contributed by atoms with E-state index in [0.717, 1.165) is 38.8 Å². The van der Waals surface area contributed by atoms with Crippen molar-refractivity contribution in [3.8, 4) is 6.07 Å². The van der Waals surface area contributed by atoms with Crippen LogP contribution in [0.5, 0.6) is 0 Å². The first-order valence-electron chi connectivity index (χ1n) is 6.64. The zero-order valence-electron chi connectivity index (χ0n) is 11.7. The molecular formula is C14H24N4. The summed E-state index contributed by atoms with van der Waals surface area (Å²) >= 11 is 0. The van der Waals surface area contributed by atoms with Crippen LogP contribution in [0.1, 0.15) is 38.8 Å². The van der Waals surface area contributed by atoms with Crippen molar-refractivity contribution in [2.45, 2.75) is 39.5 Å². The Morgan fingerprint density at radius 2 is 2.17 bits per heavy atom. The first kappa shape index (κ1) is 14.7. The number of aryl methyl sites for hydroxylation is 1. The standard InChI is InChI=1S/C14H24N4/c1-14(2,12-15)8-4-5-9-16-10-6-13-7-11-17-18(13)3/h7,11,16H,4-6,8-10H2,1-3H3. The molecule has 0 aliphatic heterocycles. The Labute approximate surface area is 110 Å². The van der Waals surface area contributed by atoms with Crippen LogP contribution in [0.3, 0.4) is 0 Å². The molecule has 1 rings (SSSR count). The van der Waals surface area contributed by atoms with Crippen molar-refractivity contribution in [3.05, 3.63) is 18.0 Å². The van der Waals surface area contributed by atoms with Gasteiger partial charge < -0.3 is 5.32 Å². The van der Waals surface area contributed by atoms with Crippen LogP contribution in [0.15, 0.2) is 12.3 Å². The van der Waals surface area contributed by atoms with Gasteiger partial charge in [-0.15, -0.1) is 0 Å². The van der Waals surface area contributed by atoms with Gasteiger partial charge in [0.25, 0.3) is 0 Å². The van der Waals surface area contributed by atoms with Crippen molar-refractivity contribution in [1.82, 2.24) is 15.1 Å². The fourth-order valence-corrected chi connectivity index (χ4v) is 1.86. The van der Waals surface area contributed by atoms with E-state index in [-0.39, 0.29) is 5.41 Å². The number of rotatable bonds is 8. The van der Waals surface area contributed by atoms with Crippen molar-refractivity contribution in [2.75, 3.05) is 13.1 Å². The molecule has 0 aliphatic rings. The molecule has 0 amide bonds. The molecule has 1 aromatic rings. The molecule has 0 aliphatic carbocycles. The molecule has 1 N–H and O–H groups in total. The van der Waals surface area contributed by atoms with Crippen LogP contribution in [-0.2, 0) is 13.5 Å². The smallest absolute Gasteiger partial charge is 0.0683 e. The molecule has 0 atom stereocenters. The quantitative estimate of drug-likeness (QED) is 0.718. The van der Waals surface area contributed by atoms with E-state index in [2.05, 4.69) is 22.6 Å². The molecule has 18 heavy (non-hydrogen) atoms. The second-order valence-electron chi connectivity index (χ2n) is 5.40. The third-order valence-electron chi connectivity index (χ3n) is 3.19. The summed E-state index contributed by atoms with van der Waals surface area (Å²) in [5.41, 5.74) is 1.09. The van der Waals surface area contributed by atoms with Crippen molar-refractivity contribution in [2.24, 2.45) is 12.5 Å². The predicted molar refractivity (Wildman–Crippen MR) is 73.0 cm³/mol. The van der Waals surface area contributed by atoms with E-state index >= 15 is 0 Å². The van der Waals surface area contributed by atoms with Crippen LogP contribution < -0.4 is 5.32 Å². The molecule has 100 valence electrons. The minimum Gasteiger partial charge on any atom is -0.316 e. The Morgan fingerprint density at radius 3 is 2.78 bits per heavy atom. The topological polar surface area (TPSA) is 53.6 Å². The van der Waals surface area contributed by atoms with E-state index in [1.165, 1.54) is 5.69 Å². The summed E-state index contributed by atoms with van der Waals surface area (Å²) in [6.07, 6.45) is 6.07. The average Bonchev–Trinajstić information content (AvgIpc) is 2.74. The van der Waals surface area contributed by atoms with Crippen molar-refractivity contribution >= 4 is 0 Å². The van der Waals surface area contributed by atoms with E-state index in [0.29, 0.717) is 0 Å². The largest absolute Gasteiger partial charge is 0.316 e. The summed E-state index contributed by atoms with van der Waals surface area (Å²) in [4.78, 5) is 0. The molecule has 4 nitrogen and oxygen atoms in total. The molecular weight excluding hydrogens is 224 g/mol. The number of aromatic nitrogens is 2. The lowest BCUT2D eigenvalue weighted by atomic mass is 9.89. The Morgan fingerprint density at radius 1 is 1.39 bits per heavy atom. The summed E-state index contributed by atoms with van der Waals surface area (Å²) in [5, 5.41) is 16.5. The van der Waals surface area contributed by atoms with Crippen LogP contribution >= 0.6 is 0 Å². The highest BCUT2D eigenvalue weighted by Crippen LogP contribution is 2.21. The van der Waals surface area contributed by atoms with Crippen LogP contribution in [0.4, 0.5) is 0 Å². The van der Waals surface area contributed by atoms with Gasteiger partial charge in [0, 0.05) is 31.9 Å². The number of nitrogens with zero attached hydrogens (tertiary/aromatic N) is 3. The van der Waals surface area contributed by atoms with Gasteiger partial charge in [-0.2, -0.15) is 10.4 Å². The first-order chi connectivity index (χ1) is 8.55. The van der Waals surface area contributed by atoms with Gasteiger partial charge in [0.2, 0.25) is 0 Å². The molecule has 1 heterocycles. The maximum atomic E-state index is 8.89. The SMILES string of the molecule is Cn1nccc1CCNCCCCC(C)(C)C#N. The highest BCUT2D eigenvalue weighted by atomic mass is 15.3. The van der Waals surface area contributed by atoms with Gasteiger partial charge in [-0.25, -0.2) is 0 Å². The normalized spacial score (nSPS) is 11.4. The molecule has 1 aromatic heterocycles. The molecule has 0 unspecified atom stereocenters. The van der Waals surface area contributed by atoms with Crippen molar-refractivity contribution in [3.63, 3.8) is 0 Å². The number of nitriles is 1. The van der Waals surface area contributed by atoms with Crippen molar-refractivity contribution < 1.29 is 0 Å². The second-order valence-corrected chi connectivity index (χ2v) is 5.40. The van der Waals surface area contributed by atoms with Crippen LogP contribution in [-0.4, -0.2) is 22.9 Å². The highest BCUT2D eigenvalue weighted by Gasteiger charge is 2.15. The lowest BCUT2D eigenvalue weighted by Crippen LogP contribution is -2.20. The van der Waals surface area contributed by atoms with Gasteiger partial charge in [-0.1, -0.05) is 6.42 Å². The molecule has 0 spiro atoms. The van der Waals surface area contributed by atoms with Crippen molar-refractivity contribution in [1.29, 1.82) is 5.26 Å². The Balaban J connectivity index is 2.00. The molecule has 0 fully saturated rings. The summed E-state index contributed by atoms with van der Waals surface area (Å²) < 4.78 is 1.91. The summed E-state index contributed by atoms with van der Waals surface area (Å²) in [6, 6.07) is 4.39. The molecule has 0 saturated carbocycles. The molecule has 0 saturated heterocycles. The first-order valence-corrected chi connectivity index (χ1v) is 6.64. The summed E-state index contributed by atoms with van der Waals surface area (Å²) in [7, 11) is 1.97. The highest BCUT2D eigenvalue weighted by molar-refractivity contribution is 5.00. The number of unbranched alkanes of at least 4 members (excludes halogenated alkanes) is 1. The molecule has 0 aromatic carbocycles. The maximum absolute atomic E-state index is 8.89. The minimum absolute atomic E-state index is 0.172. The van der Waals surface area contributed by atoms with Crippen LogP contribution in [0.25, 0.3) is 0 Å². The number of hydrogen-bond donors (Lipinski definition) is 1. The van der Waals surface area contributed by atoms with Gasteiger partial charge in [0.1, 0.15) is 0 Å². The molecule has 4 heteroatoms. The predicted octanol–water partition coefficient (Wildman–Crippen LogP) is 2.27. The second kappa shape index (κ2) is 7.17. The van der Waals surface area contributed by atoms with Gasteiger partial charge >= 0.3 is 0 Å². The third-order valence-corrected chi connectivity index (χ3v) is 3.19. The maximum Gasteiger partial charge on any atom is 0.0683 e.